The fourth-order valence-electron chi connectivity index (χ4n) is 2.61. The van der Waals surface area contributed by atoms with Crippen molar-refractivity contribution in [3.8, 4) is 0 Å². The van der Waals surface area contributed by atoms with Crippen molar-refractivity contribution in [3.05, 3.63) is 35.7 Å². The number of unbranched alkanes of at least 4 members (excludes halogenated alkanes) is 1. The molecule has 142 valence electrons. The Kier molecular flexibility index (Phi) is 7.86. The highest BCUT2D eigenvalue weighted by atomic mass is 16.4. The highest BCUT2D eigenvalue weighted by Crippen LogP contribution is 2.14. The van der Waals surface area contributed by atoms with Crippen LogP contribution in [-0.2, 0) is 17.8 Å². The third-order valence-electron chi connectivity index (χ3n) is 4.09. The highest BCUT2D eigenvalue weighted by Gasteiger charge is 2.13. The average Bonchev–Trinajstić information content (AvgIpc) is 2.64. The molecule has 1 unspecified atom stereocenters. The number of aromatic nitrogens is 2. The normalized spacial score (nSPS) is 13.7. The molecule has 0 aliphatic heterocycles. The highest BCUT2D eigenvalue weighted by molar-refractivity contribution is 5.74. The lowest BCUT2D eigenvalue weighted by molar-refractivity contribution is -0.138. The third-order valence-corrected chi connectivity index (χ3v) is 4.09. The van der Waals surface area contributed by atoms with E-state index in [2.05, 4.69) is 15.3 Å². The molecule has 0 bridgehead atoms. The molecule has 2 rings (SSSR count). The number of aliphatic hydroxyl groups excluding tert-OH is 2. The molecule has 0 saturated carbocycles. The van der Waals surface area contributed by atoms with E-state index < -0.39 is 18.1 Å². The minimum absolute atomic E-state index is 0.235. The number of aliphatic carboxylic acids is 1. The fraction of sp³-hybridized carbons (Fsp3) is 0.500. The molecule has 0 saturated heterocycles. The van der Waals surface area contributed by atoms with Crippen LogP contribution in [0.15, 0.2) is 24.3 Å². The van der Waals surface area contributed by atoms with Gasteiger partial charge in [-0.1, -0.05) is 18.6 Å². The van der Waals surface area contributed by atoms with Crippen LogP contribution in [-0.4, -0.2) is 56.6 Å². The summed E-state index contributed by atoms with van der Waals surface area (Å²) in [7, 11) is 0. The van der Waals surface area contributed by atoms with Crippen molar-refractivity contribution >= 4 is 17.0 Å². The molecule has 2 aromatic rings. The predicted octanol–water partition coefficient (Wildman–Crippen LogP) is 0.197. The van der Waals surface area contributed by atoms with Crippen molar-refractivity contribution < 1.29 is 20.1 Å². The second-order valence-corrected chi connectivity index (χ2v) is 6.26. The number of hydrogen-bond acceptors (Lipinski definition) is 7. The maximum absolute atomic E-state index is 10.7. The number of nitrogens with zero attached hydrogens (tertiary/aromatic N) is 2. The molecule has 6 N–H and O–H groups in total. The van der Waals surface area contributed by atoms with Crippen molar-refractivity contribution in [1.29, 1.82) is 0 Å². The van der Waals surface area contributed by atoms with Gasteiger partial charge in [0.15, 0.2) is 0 Å². The number of nitrogens with two attached hydrogens (primary N) is 1. The van der Waals surface area contributed by atoms with Gasteiger partial charge in [-0.05, 0) is 31.5 Å². The summed E-state index contributed by atoms with van der Waals surface area (Å²) >= 11 is 0. The van der Waals surface area contributed by atoms with Gasteiger partial charge in [-0.2, -0.15) is 0 Å². The number of nitrogens with one attached hydrogen (secondary N) is 1. The fourth-order valence-corrected chi connectivity index (χ4v) is 2.61. The molecule has 1 aromatic carbocycles. The van der Waals surface area contributed by atoms with E-state index >= 15 is 0 Å². The molecule has 26 heavy (non-hydrogen) atoms. The van der Waals surface area contributed by atoms with Gasteiger partial charge in [0.05, 0.1) is 35.1 Å². The van der Waals surface area contributed by atoms with Gasteiger partial charge in [-0.25, -0.2) is 9.97 Å². The second-order valence-electron chi connectivity index (χ2n) is 6.26. The van der Waals surface area contributed by atoms with Crippen LogP contribution in [0.4, 0.5) is 0 Å². The van der Waals surface area contributed by atoms with E-state index in [0.29, 0.717) is 25.2 Å². The molecule has 0 spiro atoms. The number of fused-ring (bicyclic) bond motifs is 1. The summed E-state index contributed by atoms with van der Waals surface area (Å²) in [5, 5.41) is 30.9. The van der Waals surface area contributed by atoms with E-state index in [1.165, 1.54) is 0 Å². The Morgan fingerprint density at radius 2 is 1.81 bits per heavy atom. The maximum atomic E-state index is 10.7. The van der Waals surface area contributed by atoms with E-state index in [1.807, 2.05) is 24.3 Å². The monoisotopic (exact) mass is 362 g/mol. The van der Waals surface area contributed by atoms with Gasteiger partial charge in [-0.3, -0.25) is 4.79 Å². The SMILES string of the molecule is N[C@@H](CCCCNCc1nc2ccccc2nc1CC(O)CO)C(=O)O. The Hall–Kier alpha value is -2.13. The van der Waals surface area contributed by atoms with Gasteiger partial charge in [0.25, 0.3) is 0 Å². The molecule has 0 fully saturated rings. The summed E-state index contributed by atoms with van der Waals surface area (Å²) in [5.74, 6) is -0.975. The Morgan fingerprint density at radius 1 is 1.15 bits per heavy atom. The van der Waals surface area contributed by atoms with Gasteiger partial charge in [0, 0.05) is 13.0 Å². The van der Waals surface area contributed by atoms with Crippen LogP contribution in [0.1, 0.15) is 30.7 Å². The van der Waals surface area contributed by atoms with E-state index in [0.717, 1.165) is 29.6 Å². The standard InChI is InChI=1S/C18H26N4O4/c19-13(18(25)26)5-3-4-8-20-10-17-16(9-12(24)11-23)21-14-6-1-2-7-15(14)22-17/h1-2,6-7,12-13,20,23-24H,3-5,8-11,19H2,(H,25,26)/t12?,13-/m0/s1. The molecular formula is C18H26N4O4. The molecule has 1 aromatic heterocycles. The number of hydrogen-bond donors (Lipinski definition) is 5. The minimum Gasteiger partial charge on any atom is -0.480 e. The smallest absolute Gasteiger partial charge is 0.320 e. The van der Waals surface area contributed by atoms with E-state index in [4.69, 9.17) is 15.9 Å². The number of rotatable bonds is 11. The first-order valence-corrected chi connectivity index (χ1v) is 8.73. The first kappa shape index (κ1) is 20.2. The molecule has 1 heterocycles. The predicted molar refractivity (Wildman–Crippen MR) is 97.5 cm³/mol. The summed E-state index contributed by atoms with van der Waals surface area (Å²) in [4.78, 5) is 19.8. The van der Waals surface area contributed by atoms with Crippen LogP contribution in [0.3, 0.4) is 0 Å². The molecule has 2 atom stereocenters. The minimum atomic E-state index is -0.975. The zero-order chi connectivity index (χ0) is 18.9. The third kappa shape index (κ3) is 5.99. The summed E-state index contributed by atoms with van der Waals surface area (Å²) < 4.78 is 0. The lowest BCUT2D eigenvalue weighted by Crippen LogP contribution is -2.30. The molecule has 0 aliphatic rings. The first-order chi connectivity index (χ1) is 12.5. The molecular weight excluding hydrogens is 336 g/mol. The number of para-hydroxylation sites is 2. The van der Waals surface area contributed by atoms with E-state index in [1.54, 1.807) is 0 Å². The van der Waals surface area contributed by atoms with Crippen molar-refractivity contribution in [1.82, 2.24) is 15.3 Å². The lowest BCUT2D eigenvalue weighted by atomic mass is 10.1. The number of carboxylic acids is 1. The molecule has 8 heteroatoms. The summed E-state index contributed by atoms with van der Waals surface area (Å²) in [6.45, 7) is 0.852. The van der Waals surface area contributed by atoms with Crippen LogP contribution in [0.5, 0.6) is 0 Å². The van der Waals surface area contributed by atoms with Crippen LogP contribution in [0, 0.1) is 0 Å². The van der Waals surface area contributed by atoms with Crippen molar-refractivity contribution in [2.45, 2.75) is 44.4 Å². The number of benzene rings is 1. The van der Waals surface area contributed by atoms with Gasteiger partial charge in [0.1, 0.15) is 6.04 Å². The van der Waals surface area contributed by atoms with Crippen LogP contribution in [0.25, 0.3) is 11.0 Å². The summed E-state index contributed by atoms with van der Waals surface area (Å²) in [5.41, 5.74) is 8.39. The van der Waals surface area contributed by atoms with Crippen molar-refractivity contribution in [3.63, 3.8) is 0 Å². The summed E-state index contributed by atoms with van der Waals surface area (Å²) in [6.07, 6.45) is 1.33. The Bertz CT molecular complexity index is 725. The maximum Gasteiger partial charge on any atom is 0.320 e. The summed E-state index contributed by atoms with van der Waals surface area (Å²) in [6, 6.07) is 6.70. The quantitative estimate of drug-likeness (QED) is 0.357. The largest absolute Gasteiger partial charge is 0.480 e. The Labute approximate surface area is 152 Å². The zero-order valence-corrected chi connectivity index (χ0v) is 14.6. The average molecular weight is 362 g/mol. The van der Waals surface area contributed by atoms with Gasteiger partial charge >= 0.3 is 5.97 Å². The van der Waals surface area contributed by atoms with Gasteiger partial charge < -0.3 is 26.4 Å². The van der Waals surface area contributed by atoms with Crippen molar-refractivity contribution in [2.24, 2.45) is 5.73 Å². The molecule has 0 aliphatic carbocycles. The number of carboxylic acid groups (broad SMARTS) is 1. The lowest BCUT2D eigenvalue weighted by Gasteiger charge is -2.13. The molecule has 0 radical (unpaired) electrons. The number of carbonyl (C=O) groups is 1. The topological polar surface area (TPSA) is 142 Å². The van der Waals surface area contributed by atoms with Crippen LogP contribution >= 0.6 is 0 Å². The Morgan fingerprint density at radius 3 is 2.42 bits per heavy atom. The van der Waals surface area contributed by atoms with E-state index in [9.17, 15) is 9.90 Å². The van der Waals surface area contributed by atoms with E-state index in [-0.39, 0.29) is 13.0 Å². The second kappa shape index (κ2) is 10.1. The first-order valence-electron chi connectivity index (χ1n) is 8.73. The molecule has 0 amide bonds. The Balaban J connectivity index is 1.94. The van der Waals surface area contributed by atoms with Gasteiger partial charge in [0.2, 0.25) is 0 Å². The van der Waals surface area contributed by atoms with Crippen molar-refractivity contribution in [2.75, 3.05) is 13.2 Å². The molecule has 8 nitrogen and oxygen atoms in total. The number of aliphatic hydroxyl groups is 2. The van der Waals surface area contributed by atoms with Crippen LogP contribution < -0.4 is 11.1 Å². The zero-order valence-electron chi connectivity index (χ0n) is 14.6. The van der Waals surface area contributed by atoms with Gasteiger partial charge in [-0.15, -0.1) is 0 Å². The van der Waals surface area contributed by atoms with Crippen LogP contribution in [0.2, 0.25) is 0 Å².